The number of amides is 1. The highest BCUT2D eigenvalue weighted by Crippen LogP contribution is 2.34. The van der Waals surface area contributed by atoms with Gasteiger partial charge < -0.3 is 10.6 Å². The van der Waals surface area contributed by atoms with E-state index in [2.05, 4.69) is 22.5 Å². The first-order chi connectivity index (χ1) is 8.65. The molecule has 0 saturated heterocycles. The summed E-state index contributed by atoms with van der Waals surface area (Å²) in [5, 5.41) is 6.27. The second-order valence-corrected chi connectivity index (χ2v) is 5.05. The summed E-state index contributed by atoms with van der Waals surface area (Å²) in [7, 11) is 1.76. The summed E-state index contributed by atoms with van der Waals surface area (Å²) >= 11 is 6.00. The van der Waals surface area contributed by atoms with Crippen LogP contribution in [0, 0.1) is 5.92 Å². The van der Waals surface area contributed by atoms with Gasteiger partial charge in [-0.25, -0.2) is 4.98 Å². The molecule has 4 nitrogen and oxygen atoms in total. The maximum Gasteiger partial charge on any atom is 0.271 e. The van der Waals surface area contributed by atoms with Crippen LogP contribution in [-0.4, -0.2) is 24.0 Å². The molecular formula is C13H18ClN3O. The Labute approximate surface area is 112 Å². The molecule has 2 unspecified atom stereocenters. The van der Waals surface area contributed by atoms with Crippen LogP contribution >= 0.6 is 11.6 Å². The zero-order valence-electron chi connectivity index (χ0n) is 10.7. The van der Waals surface area contributed by atoms with Gasteiger partial charge in [0.1, 0.15) is 11.5 Å². The fourth-order valence-corrected chi connectivity index (χ4v) is 2.28. The average molecular weight is 268 g/mol. The van der Waals surface area contributed by atoms with Gasteiger partial charge in [0.15, 0.2) is 0 Å². The maximum absolute atomic E-state index is 12.0. The number of rotatable bonds is 5. The Balaban J connectivity index is 2.01. The quantitative estimate of drug-likeness (QED) is 0.862. The molecule has 1 amide bonds. The molecule has 18 heavy (non-hydrogen) atoms. The average Bonchev–Trinajstić information content (AvgIpc) is 3.08. The van der Waals surface area contributed by atoms with Gasteiger partial charge in [-0.05, 0) is 30.9 Å². The van der Waals surface area contributed by atoms with E-state index < -0.39 is 0 Å². The summed E-state index contributed by atoms with van der Waals surface area (Å²) in [6.07, 6.45) is 3.40. The topological polar surface area (TPSA) is 54.0 Å². The molecule has 1 aromatic heterocycles. The van der Waals surface area contributed by atoms with Gasteiger partial charge in [-0.15, -0.1) is 0 Å². The smallest absolute Gasteiger partial charge is 0.271 e. The van der Waals surface area contributed by atoms with Crippen molar-refractivity contribution >= 4 is 23.3 Å². The van der Waals surface area contributed by atoms with Crippen LogP contribution in [0.1, 0.15) is 36.7 Å². The first-order valence-corrected chi connectivity index (χ1v) is 6.68. The minimum absolute atomic E-state index is 0.180. The van der Waals surface area contributed by atoms with Crippen molar-refractivity contribution in [1.82, 2.24) is 10.3 Å². The highest BCUT2D eigenvalue weighted by Gasteiger charge is 2.37. The molecule has 2 N–H and O–H groups in total. The number of carbonyl (C=O) groups is 1. The molecule has 1 heterocycles. The van der Waals surface area contributed by atoms with Crippen LogP contribution in [0.3, 0.4) is 0 Å². The van der Waals surface area contributed by atoms with Crippen molar-refractivity contribution in [2.24, 2.45) is 5.92 Å². The third-order valence-electron chi connectivity index (χ3n) is 3.22. The number of pyridine rings is 1. The SMILES string of the molecule is CCCC1CC1NC(=O)c1nc(NC)ccc1Cl. The Hall–Kier alpha value is -1.29. The Morgan fingerprint density at radius 1 is 1.56 bits per heavy atom. The number of nitrogens with zero attached hydrogens (tertiary/aromatic N) is 1. The first kappa shape index (κ1) is 13.1. The summed E-state index contributed by atoms with van der Waals surface area (Å²) in [6, 6.07) is 3.73. The molecule has 0 bridgehead atoms. The lowest BCUT2D eigenvalue weighted by Gasteiger charge is -2.07. The molecule has 0 radical (unpaired) electrons. The van der Waals surface area contributed by atoms with E-state index in [0.29, 0.717) is 28.5 Å². The second-order valence-electron chi connectivity index (χ2n) is 4.64. The highest BCUT2D eigenvalue weighted by atomic mass is 35.5. The fraction of sp³-hybridized carbons (Fsp3) is 0.538. The lowest BCUT2D eigenvalue weighted by Crippen LogP contribution is -2.28. The first-order valence-electron chi connectivity index (χ1n) is 6.30. The molecule has 98 valence electrons. The van der Waals surface area contributed by atoms with E-state index in [0.717, 1.165) is 12.8 Å². The molecule has 1 aliphatic rings. The van der Waals surface area contributed by atoms with Crippen molar-refractivity contribution < 1.29 is 4.79 Å². The summed E-state index contributed by atoms with van der Waals surface area (Å²) in [4.78, 5) is 16.2. The van der Waals surface area contributed by atoms with Crippen molar-refractivity contribution in [3.05, 3.63) is 22.8 Å². The van der Waals surface area contributed by atoms with Crippen LogP contribution in [0.25, 0.3) is 0 Å². The van der Waals surface area contributed by atoms with Gasteiger partial charge in [0.2, 0.25) is 0 Å². The van der Waals surface area contributed by atoms with Gasteiger partial charge in [-0.2, -0.15) is 0 Å². The largest absolute Gasteiger partial charge is 0.373 e. The van der Waals surface area contributed by atoms with E-state index in [-0.39, 0.29) is 5.91 Å². The van der Waals surface area contributed by atoms with Crippen LogP contribution in [0.2, 0.25) is 5.02 Å². The Morgan fingerprint density at radius 3 is 3.00 bits per heavy atom. The molecule has 0 aromatic carbocycles. The van der Waals surface area contributed by atoms with Crippen LogP contribution in [0.5, 0.6) is 0 Å². The molecule has 1 aliphatic carbocycles. The summed E-state index contributed by atoms with van der Waals surface area (Å²) in [6.45, 7) is 2.16. The monoisotopic (exact) mass is 267 g/mol. The van der Waals surface area contributed by atoms with Crippen LogP contribution in [-0.2, 0) is 0 Å². The van der Waals surface area contributed by atoms with Crippen molar-refractivity contribution in [3.8, 4) is 0 Å². The van der Waals surface area contributed by atoms with Crippen LogP contribution in [0.15, 0.2) is 12.1 Å². The van der Waals surface area contributed by atoms with E-state index >= 15 is 0 Å². The minimum atomic E-state index is -0.180. The van der Waals surface area contributed by atoms with Crippen LogP contribution < -0.4 is 10.6 Å². The molecule has 2 atom stereocenters. The van der Waals surface area contributed by atoms with Gasteiger partial charge in [0.25, 0.3) is 5.91 Å². The molecule has 1 fully saturated rings. The normalized spacial score (nSPS) is 21.5. The highest BCUT2D eigenvalue weighted by molar-refractivity contribution is 6.33. The van der Waals surface area contributed by atoms with Gasteiger partial charge in [0.05, 0.1) is 5.02 Å². The van der Waals surface area contributed by atoms with E-state index in [9.17, 15) is 4.79 Å². The third kappa shape index (κ3) is 2.93. The van der Waals surface area contributed by atoms with Gasteiger partial charge in [-0.3, -0.25) is 4.79 Å². The molecule has 0 aliphatic heterocycles. The van der Waals surface area contributed by atoms with Crippen molar-refractivity contribution in [2.75, 3.05) is 12.4 Å². The lowest BCUT2D eigenvalue weighted by molar-refractivity contribution is 0.0944. The zero-order valence-corrected chi connectivity index (χ0v) is 11.4. The minimum Gasteiger partial charge on any atom is -0.373 e. The van der Waals surface area contributed by atoms with E-state index in [4.69, 9.17) is 11.6 Å². The number of halogens is 1. The number of hydrogen-bond donors (Lipinski definition) is 2. The van der Waals surface area contributed by atoms with Crippen molar-refractivity contribution in [3.63, 3.8) is 0 Å². The van der Waals surface area contributed by atoms with Crippen molar-refractivity contribution in [2.45, 2.75) is 32.2 Å². The third-order valence-corrected chi connectivity index (χ3v) is 3.52. The van der Waals surface area contributed by atoms with Gasteiger partial charge >= 0.3 is 0 Å². The van der Waals surface area contributed by atoms with E-state index in [1.165, 1.54) is 6.42 Å². The zero-order chi connectivity index (χ0) is 13.1. The summed E-state index contributed by atoms with van der Waals surface area (Å²) < 4.78 is 0. The Kier molecular flexibility index (Phi) is 4.07. The number of hydrogen-bond acceptors (Lipinski definition) is 3. The van der Waals surface area contributed by atoms with Gasteiger partial charge in [-0.1, -0.05) is 24.9 Å². The lowest BCUT2D eigenvalue weighted by atomic mass is 10.2. The maximum atomic E-state index is 12.0. The molecule has 2 rings (SSSR count). The molecule has 1 aromatic rings. The van der Waals surface area contributed by atoms with Crippen molar-refractivity contribution in [1.29, 1.82) is 0 Å². The van der Waals surface area contributed by atoms with E-state index in [1.807, 2.05) is 0 Å². The number of nitrogens with one attached hydrogen (secondary N) is 2. The predicted octanol–water partition coefficient (Wildman–Crippen LogP) is 2.70. The molecule has 5 heteroatoms. The number of carbonyl (C=O) groups excluding carboxylic acids is 1. The second kappa shape index (κ2) is 5.57. The summed E-state index contributed by atoms with van der Waals surface area (Å²) in [5.74, 6) is 1.09. The Morgan fingerprint density at radius 2 is 2.33 bits per heavy atom. The van der Waals surface area contributed by atoms with Gasteiger partial charge in [0, 0.05) is 13.1 Å². The number of aromatic nitrogens is 1. The predicted molar refractivity (Wildman–Crippen MR) is 73.1 cm³/mol. The molecule has 1 saturated carbocycles. The number of anilines is 1. The summed E-state index contributed by atoms with van der Waals surface area (Å²) in [5.41, 5.74) is 0.297. The van der Waals surface area contributed by atoms with E-state index in [1.54, 1.807) is 19.2 Å². The molecular weight excluding hydrogens is 250 g/mol. The fourth-order valence-electron chi connectivity index (χ4n) is 2.09. The standard InChI is InChI=1S/C13H18ClN3O/c1-3-4-8-7-10(8)16-13(18)12-9(14)5-6-11(15-2)17-12/h5-6,8,10H,3-4,7H2,1-2H3,(H,15,17)(H,16,18). The van der Waals surface area contributed by atoms with Crippen LogP contribution in [0.4, 0.5) is 5.82 Å². The Bertz CT molecular complexity index is 450. The molecule has 0 spiro atoms.